The van der Waals surface area contributed by atoms with Gasteiger partial charge in [-0.25, -0.2) is 9.78 Å². The molecule has 6 nitrogen and oxygen atoms in total. The average Bonchev–Trinajstić information content (AvgIpc) is 3.15. The molecular formula is C19H25N5O. The van der Waals surface area contributed by atoms with Gasteiger partial charge in [0, 0.05) is 23.1 Å². The Kier molecular flexibility index (Phi) is 3.60. The number of carbonyl (C=O) groups is 1. The summed E-state index contributed by atoms with van der Waals surface area (Å²) in [6.07, 6.45) is 3.59. The molecule has 1 saturated carbocycles. The maximum absolute atomic E-state index is 12.8. The van der Waals surface area contributed by atoms with Gasteiger partial charge in [0.2, 0.25) is 0 Å². The van der Waals surface area contributed by atoms with Gasteiger partial charge in [-0.1, -0.05) is 45.4 Å². The molecule has 2 heterocycles. The van der Waals surface area contributed by atoms with Gasteiger partial charge in [0.05, 0.1) is 6.54 Å². The topological polar surface area (TPSA) is 73.9 Å². The molecule has 0 saturated heterocycles. The van der Waals surface area contributed by atoms with Gasteiger partial charge in [0.25, 0.3) is 0 Å². The van der Waals surface area contributed by atoms with Gasteiger partial charge in [0.15, 0.2) is 5.82 Å². The van der Waals surface area contributed by atoms with Crippen molar-refractivity contribution >= 4 is 11.7 Å². The Hall–Kier alpha value is -2.37. The summed E-state index contributed by atoms with van der Waals surface area (Å²) in [5.41, 5.74) is 2.45. The van der Waals surface area contributed by atoms with Crippen LogP contribution in [0.5, 0.6) is 0 Å². The lowest BCUT2D eigenvalue weighted by atomic mass is 9.66. The van der Waals surface area contributed by atoms with E-state index in [1.54, 1.807) is 0 Å². The Morgan fingerprint density at radius 2 is 2.08 bits per heavy atom. The van der Waals surface area contributed by atoms with E-state index >= 15 is 0 Å². The monoisotopic (exact) mass is 339 g/mol. The van der Waals surface area contributed by atoms with Crippen LogP contribution < -0.4 is 10.2 Å². The molecule has 1 aliphatic carbocycles. The highest BCUT2D eigenvalue weighted by atomic mass is 16.2. The first-order chi connectivity index (χ1) is 11.9. The number of rotatable bonds is 2. The minimum absolute atomic E-state index is 0.0649. The van der Waals surface area contributed by atoms with Crippen LogP contribution in [0, 0.1) is 0 Å². The van der Waals surface area contributed by atoms with Crippen LogP contribution in [-0.2, 0) is 17.4 Å². The average molecular weight is 339 g/mol. The van der Waals surface area contributed by atoms with Gasteiger partial charge in [0.1, 0.15) is 5.82 Å². The summed E-state index contributed by atoms with van der Waals surface area (Å²) < 4.78 is 0. The molecule has 132 valence electrons. The van der Waals surface area contributed by atoms with Crippen LogP contribution in [-0.4, -0.2) is 27.8 Å². The van der Waals surface area contributed by atoms with Crippen molar-refractivity contribution in [1.82, 2.24) is 20.5 Å². The van der Waals surface area contributed by atoms with E-state index in [0.29, 0.717) is 12.4 Å². The first-order valence-electron chi connectivity index (χ1n) is 8.96. The van der Waals surface area contributed by atoms with Crippen molar-refractivity contribution in [3.05, 3.63) is 41.5 Å². The summed E-state index contributed by atoms with van der Waals surface area (Å²) in [5, 5.41) is 10.2. The normalized spacial score (nSPS) is 18.1. The highest BCUT2D eigenvalue weighted by molar-refractivity contribution is 5.95. The van der Waals surface area contributed by atoms with Crippen LogP contribution in [0.4, 0.5) is 10.5 Å². The fourth-order valence-corrected chi connectivity index (χ4v) is 3.81. The number of fused-ring (bicyclic) bond motifs is 2. The first kappa shape index (κ1) is 16.1. The van der Waals surface area contributed by atoms with Crippen LogP contribution >= 0.6 is 0 Å². The SMILES string of the molecule is CC(C)(C)c1n[nH]c(CNC(=O)N2CC3(CCC3)c3ccccc32)n1. The van der Waals surface area contributed by atoms with Crippen LogP contribution in [0.2, 0.25) is 0 Å². The highest BCUT2D eigenvalue weighted by Crippen LogP contribution is 2.52. The number of hydrogen-bond acceptors (Lipinski definition) is 3. The number of aromatic amines is 1. The molecule has 2 N–H and O–H groups in total. The zero-order chi connectivity index (χ0) is 17.7. The molecule has 1 aromatic carbocycles. The van der Waals surface area contributed by atoms with Gasteiger partial charge >= 0.3 is 6.03 Å². The van der Waals surface area contributed by atoms with E-state index in [2.05, 4.69) is 53.4 Å². The molecule has 1 fully saturated rings. The van der Waals surface area contributed by atoms with Crippen LogP contribution in [0.3, 0.4) is 0 Å². The summed E-state index contributed by atoms with van der Waals surface area (Å²) >= 11 is 0. The lowest BCUT2D eigenvalue weighted by Gasteiger charge is -2.38. The third kappa shape index (κ3) is 2.69. The summed E-state index contributed by atoms with van der Waals surface area (Å²) in [6, 6.07) is 8.23. The second-order valence-corrected chi connectivity index (χ2v) is 8.25. The number of nitrogens with one attached hydrogen (secondary N) is 2. The Labute approximate surface area is 148 Å². The number of hydrogen-bond donors (Lipinski definition) is 2. The molecule has 0 bridgehead atoms. The van der Waals surface area contributed by atoms with E-state index in [9.17, 15) is 4.79 Å². The fraction of sp³-hybridized carbons (Fsp3) is 0.526. The van der Waals surface area contributed by atoms with Gasteiger partial charge < -0.3 is 5.32 Å². The molecule has 1 spiro atoms. The molecule has 1 aromatic heterocycles. The zero-order valence-corrected chi connectivity index (χ0v) is 15.1. The minimum Gasteiger partial charge on any atom is -0.330 e. The number of carbonyl (C=O) groups excluding carboxylic acids is 1. The second-order valence-electron chi connectivity index (χ2n) is 8.25. The Bertz CT molecular complexity index is 800. The van der Waals surface area contributed by atoms with Gasteiger partial charge in [-0.3, -0.25) is 10.00 Å². The summed E-state index contributed by atoms with van der Waals surface area (Å²) in [6.45, 7) is 7.34. The van der Waals surface area contributed by atoms with Gasteiger partial charge in [-0.05, 0) is 24.5 Å². The smallest absolute Gasteiger partial charge is 0.322 e. The molecule has 4 rings (SSSR count). The highest BCUT2D eigenvalue weighted by Gasteiger charge is 2.48. The Morgan fingerprint density at radius 3 is 2.72 bits per heavy atom. The Balaban J connectivity index is 1.46. The van der Waals surface area contributed by atoms with E-state index in [4.69, 9.17) is 0 Å². The minimum atomic E-state index is -0.108. The van der Waals surface area contributed by atoms with Gasteiger partial charge in [-0.15, -0.1) is 0 Å². The van der Waals surface area contributed by atoms with Crippen molar-refractivity contribution in [2.75, 3.05) is 11.4 Å². The Morgan fingerprint density at radius 1 is 1.32 bits per heavy atom. The number of anilines is 1. The molecule has 1 aliphatic heterocycles. The van der Waals surface area contributed by atoms with Crippen molar-refractivity contribution in [1.29, 1.82) is 0 Å². The molecule has 6 heteroatoms. The molecule has 0 radical (unpaired) electrons. The third-order valence-corrected chi connectivity index (χ3v) is 5.39. The summed E-state index contributed by atoms with van der Waals surface area (Å²) in [7, 11) is 0. The van der Waals surface area contributed by atoms with Crippen molar-refractivity contribution < 1.29 is 4.79 Å². The number of urea groups is 1. The molecule has 25 heavy (non-hydrogen) atoms. The first-order valence-corrected chi connectivity index (χ1v) is 8.96. The standard InChI is InChI=1S/C19H25N5O/c1-18(2,3)16-21-15(22-23-16)11-20-17(25)24-12-19(9-6-10-19)13-7-4-5-8-14(13)24/h4-5,7-8H,6,9-12H2,1-3H3,(H,20,25)(H,21,22,23). The molecule has 0 atom stereocenters. The van der Waals surface area contributed by atoms with Crippen molar-refractivity contribution in [2.45, 2.75) is 57.4 Å². The lowest BCUT2D eigenvalue weighted by Crippen LogP contribution is -2.45. The fourth-order valence-electron chi connectivity index (χ4n) is 3.81. The van der Waals surface area contributed by atoms with Crippen molar-refractivity contribution in [3.63, 3.8) is 0 Å². The van der Waals surface area contributed by atoms with E-state index in [0.717, 1.165) is 18.1 Å². The van der Waals surface area contributed by atoms with Crippen LogP contribution in [0.25, 0.3) is 0 Å². The number of benzene rings is 1. The third-order valence-electron chi connectivity index (χ3n) is 5.39. The van der Waals surface area contributed by atoms with Gasteiger partial charge in [-0.2, -0.15) is 5.10 Å². The predicted octanol–water partition coefficient (Wildman–Crippen LogP) is 3.25. The zero-order valence-electron chi connectivity index (χ0n) is 15.1. The lowest BCUT2D eigenvalue weighted by molar-refractivity contribution is 0.235. The number of para-hydroxylation sites is 1. The van der Waals surface area contributed by atoms with Crippen molar-refractivity contribution in [3.8, 4) is 0 Å². The maximum atomic E-state index is 12.8. The van der Waals surface area contributed by atoms with Crippen LogP contribution in [0.15, 0.2) is 24.3 Å². The molecular weight excluding hydrogens is 314 g/mol. The number of H-pyrrole nitrogens is 1. The molecule has 2 aliphatic rings. The second kappa shape index (κ2) is 5.58. The quantitative estimate of drug-likeness (QED) is 0.882. The number of aromatic nitrogens is 3. The van der Waals surface area contributed by atoms with Crippen LogP contribution in [0.1, 0.15) is 57.2 Å². The van der Waals surface area contributed by atoms with E-state index in [-0.39, 0.29) is 16.9 Å². The number of amides is 2. The predicted molar refractivity (Wildman–Crippen MR) is 96.6 cm³/mol. The van der Waals surface area contributed by atoms with Crippen molar-refractivity contribution in [2.24, 2.45) is 0 Å². The van der Waals surface area contributed by atoms with E-state index in [1.807, 2.05) is 17.0 Å². The van der Waals surface area contributed by atoms with E-state index in [1.165, 1.54) is 24.8 Å². The van der Waals surface area contributed by atoms with E-state index < -0.39 is 0 Å². The maximum Gasteiger partial charge on any atom is 0.322 e. The molecule has 0 unspecified atom stereocenters. The molecule has 2 amide bonds. The largest absolute Gasteiger partial charge is 0.330 e. The molecule has 2 aromatic rings. The number of nitrogens with zero attached hydrogens (tertiary/aromatic N) is 3. The summed E-state index contributed by atoms with van der Waals surface area (Å²) in [5.74, 6) is 1.45. The summed E-state index contributed by atoms with van der Waals surface area (Å²) in [4.78, 5) is 19.1.